The van der Waals surface area contributed by atoms with Crippen molar-refractivity contribution in [2.45, 2.75) is 19.8 Å². The normalized spacial score (nSPS) is 9.31. The van der Waals surface area contributed by atoms with E-state index in [9.17, 15) is 9.59 Å². The number of hydrogen-bond acceptors (Lipinski definition) is 4. The fourth-order valence-electron chi connectivity index (χ4n) is 0.537. The second-order valence-corrected chi connectivity index (χ2v) is 2.36. The Bertz CT molecular complexity index is 172. The summed E-state index contributed by atoms with van der Waals surface area (Å²) in [7, 11) is 0. The summed E-state index contributed by atoms with van der Waals surface area (Å²) in [6, 6.07) is 0. The number of carbonyl (C=O) groups is 2. The predicted molar refractivity (Wildman–Crippen MR) is 45.0 cm³/mol. The number of aliphatic carboxylic acids is 1. The van der Waals surface area contributed by atoms with Gasteiger partial charge in [0.25, 0.3) is 0 Å². The van der Waals surface area contributed by atoms with E-state index in [2.05, 4.69) is 15.6 Å². The maximum Gasteiger partial charge on any atom is 0.421 e. The molecule has 0 saturated carbocycles. The van der Waals surface area contributed by atoms with Gasteiger partial charge in [-0.15, -0.1) is 0 Å². The standard InChI is InChI=1S/C7H14N2O4/c1-2-3-4-13-7(12)9-8-5-6(10)11/h8H,2-5H2,1H3,(H,9,12)(H,10,11). The number of carboxylic acids is 1. The third-order valence-electron chi connectivity index (χ3n) is 1.16. The fraction of sp³-hybridized carbons (Fsp3) is 0.714. The van der Waals surface area contributed by atoms with E-state index in [1.807, 2.05) is 6.92 Å². The van der Waals surface area contributed by atoms with Gasteiger partial charge in [0.15, 0.2) is 0 Å². The van der Waals surface area contributed by atoms with Crippen molar-refractivity contribution in [2.24, 2.45) is 0 Å². The highest BCUT2D eigenvalue weighted by Crippen LogP contribution is 1.87. The topological polar surface area (TPSA) is 87.7 Å². The Morgan fingerprint density at radius 1 is 1.46 bits per heavy atom. The number of nitrogens with one attached hydrogen (secondary N) is 2. The average molecular weight is 190 g/mol. The molecule has 0 spiro atoms. The van der Waals surface area contributed by atoms with Crippen molar-refractivity contribution in [1.82, 2.24) is 10.9 Å². The van der Waals surface area contributed by atoms with Crippen LogP contribution in [0.5, 0.6) is 0 Å². The second-order valence-electron chi connectivity index (χ2n) is 2.36. The Hall–Kier alpha value is -1.30. The third kappa shape index (κ3) is 8.61. The van der Waals surface area contributed by atoms with Crippen LogP contribution in [0.15, 0.2) is 0 Å². The molecular weight excluding hydrogens is 176 g/mol. The number of unbranched alkanes of at least 4 members (excludes halogenated alkanes) is 1. The lowest BCUT2D eigenvalue weighted by Gasteiger charge is -2.05. The van der Waals surface area contributed by atoms with Crippen LogP contribution in [0.25, 0.3) is 0 Å². The lowest BCUT2D eigenvalue weighted by Crippen LogP contribution is -2.40. The summed E-state index contributed by atoms with van der Waals surface area (Å²) in [6.45, 7) is 1.99. The average Bonchev–Trinajstić information content (AvgIpc) is 2.04. The zero-order valence-electron chi connectivity index (χ0n) is 7.50. The van der Waals surface area contributed by atoms with Crippen molar-refractivity contribution >= 4 is 12.1 Å². The lowest BCUT2D eigenvalue weighted by atomic mass is 10.4. The first-order valence-electron chi connectivity index (χ1n) is 4.04. The van der Waals surface area contributed by atoms with Crippen LogP contribution in [0.4, 0.5) is 4.79 Å². The molecule has 0 saturated heterocycles. The van der Waals surface area contributed by atoms with E-state index in [-0.39, 0.29) is 6.54 Å². The molecule has 0 radical (unpaired) electrons. The summed E-state index contributed by atoms with van der Waals surface area (Å²) in [4.78, 5) is 20.7. The van der Waals surface area contributed by atoms with Gasteiger partial charge in [-0.25, -0.2) is 10.2 Å². The quantitative estimate of drug-likeness (QED) is 0.408. The largest absolute Gasteiger partial charge is 0.480 e. The van der Waals surface area contributed by atoms with Gasteiger partial charge in [-0.05, 0) is 6.42 Å². The zero-order valence-corrected chi connectivity index (χ0v) is 7.50. The predicted octanol–water partition coefficient (Wildman–Crippen LogP) is 0.102. The molecule has 0 aliphatic carbocycles. The molecule has 0 atom stereocenters. The molecule has 0 aliphatic rings. The first kappa shape index (κ1) is 11.7. The van der Waals surface area contributed by atoms with E-state index < -0.39 is 12.1 Å². The SMILES string of the molecule is CCCCOC(=O)NNCC(=O)O. The van der Waals surface area contributed by atoms with Gasteiger partial charge in [0, 0.05) is 0 Å². The minimum Gasteiger partial charge on any atom is -0.480 e. The van der Waals surface area contributed by atoms with Crippen molar-refractivity contribution in [1.29, 1.82) is 0 Å². The van der Waals surface area contributed by atoms with Crippen LogP contribution in [-0.2, 0) is 9.53 Å². The zero-order chi connectivity index (χ0) is 10.1. The van der Waals surface area contributed by atoms with Gasteiger partial charge < -0.3 is 9.84 Å². The van der Waals surface area contributed by atoms with Crippen LogP contribution < -0.4 is 10.9 Å². The van der Waals surface area contributed by atoms with E-state index >= 15 is 0 Å². The number of hydrazine groups is 1. The first-order chi connectivity index (χ1) is 6.16. The van der Waals surface area contributed by atoms with Crippen LogP contribution in [0.1, 0.15) is 19.8 Å². The van der Waals surface area contributed by atoms with Gasteiger partial charge >= 0.3 is 12.1 Å². The van der Waals surface area contributed by atoms with Gasteiger partial charge in [-0.2, -0.15) is 0 Å². The summed E-state index contributed by atoms with van der Waals surface area (Å²) >= 11 is 0. The van der Waals surface area contributed by atoms with Crippen LogP contribution in [-0.4, -0.2) is 30.3 Å². The fourth-order valence-corrected chi connectivity index (χ4v) is 0.537. The first-order valence-corrected chi connectivity index (χ1v) is 4.04. The van der Waals surface area contributed by atoms with Crippen molar-refractivity contribution in [3.8, 4) is 0 Å². The Morgan fingerprint density at radius 3 is 2.69 bits per heavy atom. The van der Waals surface area contributed by atoms with Gasteiger partial charge in [0.2, 0.25) is 0 Å². The molecule has 6 heteroatoms. The van der Waals surface area contributed by atoms with Crippen molar-refractivity contribution < 1.29 is 19.4 Å². The number of carbonyl (C=O) groups excluding carboxylic acids is 1. The summed E-state index contributed by atoms with van der Waals surface area (Å²) in [5.74, 6) is -1.05. The maximum atomic E-state index is 10.7. The molecule has 0 aromatic rings. The molecule has 6 nitrogen and oxygen atoms in total. The highest BCUT2D eigenvalue weighted by Gasteiger charge is 2.00. The van der Waals surface area contributed by atoms with Gasteiger partial charge in [-0.1, -0.05) is 13.3 Å². The Kier molecular flexibility index (Phi) is 6.62. The maximum absolute atomic E-state index is 10.7. The molecule has 0 unspecified atom stereocenters. The smallest absolute Gasteiger partial charge is 0.421 e. The lowest BCUT2D eigenvalue weighted by molar-refractivity contribution is -0.136. The molecule has 1 amide bonds. The minimum absolute atomic E-state index is 0.330. The van der Waals surface area contributed by atoms with Crippen LogP contribution in [0.2, 0.25) is 0 Å². The highest BCUT2D eigenvalue weighted by atomic mass is 16.6. The summed E-state index contributed by atoms with van der Waals surface area (Å²) in [6.07, 6.45) is 1.08. The number of rotatable bonds is 6. The van der Waals surface area contributed by atoms with Gasteiger partial charge in [0.1, 0.15) is 6.54 Å². The molecular formula is C7H14N2O4. The van der Waals surface area contributed by atoms with E-state index in [0.717, 1.165) is 12.8 Å². The molecule has 3 N–H and O–H groups in total. The number of ether oxygens (including phenoxy) is 1. The van der Waals surface area contributed by atoms with Gasteiger partial charge in [-0.3, -0.25) is 10.2 Å². The van der Waals surface area contributed by atoms with Crippen LogP contribution in [0, 0.1) is 0 Å². The van der Waals surface area contributed by atoms with Crippen molar-refractivity contribution in [3.05, 3.63) is 0 Å². The molecule has 0 heterocycles. The molecule has 0 rings (SSSR count). The summed E-state index contributed by atoms with van der Waals surface area (Å²) in [5.41, 5.74) is 4.27. The number of amides is 1. The van der Waals surface area contributed by atoms with Crippen LogP contribution >= 0.6 is 0 Å². The monoisotopic (exact) mass is 190 g/mol. The highest BCUT2D eigenvalue weighted by molar-refractivity contribution is 5.70. The molecule has 13 heavy (non-hydrogen) atoms. The van der Waals surface area contributed by atoms with Crippen LogP contribution in [0.3, 0.4) is 0 Å². The minimum atomic E-state index is -1.05. The van der Waals surface area contributed by atoms with E-state index in [0.29, 0.717) is 6.61 Å². The number of carboxylic acid groups (broad SMARTS) is 1. The Labute approximate surface area is 76.2 Å². The molecule has 0 aromatic heterocycles. The summed E-state index contributed by atoms with van der Waals surface area (Å²) in [5, 5.41) is 8.19. The molecule has 0 aromatic carbocycles. The summed E-state index contributed by atoms with van der Waals surface area (Å²) < 4.78 is 4.66. The van der Waals surface area contributed by atoms with Crippen molar-refractivity contribution in [2.75, 3.05) is 13.2 Å². The molecule has 0 bridgehead atoms. The van der Waals surface area contributed by atoms with E-state index in [1.54, 1.807) is 0 Å². The molecule has 0 fully saturated rings. The number of hydrogen-bond donors (Lipinski definition) is 3. The molecule has 76 valence electrons. The molecule has 0 aliphatic heterocycles. The van der Waals surface area contributed by atoms with E-state index in [1.165, 1.54) is 0 Å². The Balaban J connectivity index is 3.25. The van der Waals surface area contributed by atoms with E-state index in [4.69, 9.17) is 5.11 Å². The van der Waals surface area contributed by atoms with Crippen molar-refractivity contribution in [3.63, 3.8) is 0 Å². The second kappa shape index (κ2) is 7.35. The third-order valence-corrected chi connectivity index (χ3v) is 1.16. The Morgan fingerprint density at radius 2 is 2.15 bits per heavy atom. The van der Waals surface area contributed by atoms with Gasteiger partial charge in [0.05, 0.1) is 6.61 Å².